The van der Waals surface area contributed by atoms with E-state index in [9.17, 15) is 9.59 Å². The maximum atomic E-state index is 13.0. The first-order chi connectivity index (χ1) is 10.1. The molecule has 2 rings (SSSR count). The van der Waals surface area contributed by atoms with Gasteiger partial charge < -0.3 is 15.3 Å². The van der Waals surface area contributed by atoms with Crippen molar-refractivity contribution in [3.8, 4) is 0 Å². The van der Waals surface area contributed by atoms with Gasteiger partial charge in [-0.2, -0.15) is 0 Å². The number of carboxylic acids is 1. The predicted octanol–water partition coefficient (Wildman–Crippen LogP) is 0.385. The number of hydrogen-bond donors (Lipinski definition) is 2. The molecule has 6 nitrogen and oxygen atoms in total. The van der Waals surface area contributed by atoms with Crippen molar-refractivity contribution in [2.45, 2.75) is 32.6 Å². The first kappa shape index (κ1) is 16.2. The Kier molecular flexibility index (Phi) is 5.58. The number of carboxylic acid groups (broad SMARTS) is 1. The van der Waals surface area contributed by atoms with Crippen LogP contribution in [0.25, 0.3) is 0 Å². The molecule has 2 aliphatic rings. The molecule has 0 bridgehead atoms. The van der Waals surface area contributed by atoms with Gasteiger partial charge in [0, 0.05) is 26.2 Å². The van der Waals surface area contributed by atoms with Gasteiger partial charge in [-0.3, -0.25) is 14.5 Å². The van der Waals surface area contributed by atoms with Crippen LogP contribution in [0, 0.1) is 5.41 Å². The number of nitrogens with zero attached hydrogens (tertiary/aromatic N) is 2. The second-order valence-electron chi connectivity index (χ2n) is 6.20. The number of nitrogens with one attached hydrogen (secondary N) is 1. The van der Waals surface area contributed by atoms with Crippen LogP contribution in [0.2, 0.25) is 0 Å². The molecule has 120 valence electrons. The summed E-state index contributed by atoms with van der Waals surface area (Å²) < 4.78 is 0. The normalized spacial score (nSPS) is 23.6. The van der Waals surface area contributed by atoms with Crippen LogP contribution in [0.3, 0.4) is 0 Å². The highest BCUT2D eigenvalue weighted by Crippen LogP contribution is 2.34. The Balaban J connectivity index is 1.97. The molecule has 21 heavy (non-hydrogen) atoms. The van der Waals surface area contributed by atoms with E-state index in [-0.39, 0.29) is 17.9 Å². The summed E-state index contributed by atoms with van der Waals surface area (Å²) in [5.74, 6) is -0.512. The Morgan fingerprint density at radius 1 is 1.14 bits per heavy atom. The number of carbonyl (C=O) groups is 2. The van der Waals surface area contributed by atoms with Crippen LogP contribution in [0.15, 0.2) is 0 Å². The SMILES string of the molecule is CCC1(C(=O)N2CCCN(CC(=O)O)CC2)CCNCC1. The lowest BCUT2D eigenvalue weighted by Crippen LogP contribution is -2.50. The van der Waals surface area contributed by atoms with Crippen LogP contribution in [-0.4, -0.2) is 72.6 Å². The molecule has 2 N–H and O–H groups in total. The molecule has 0 radical (unpaired) electrons. The fraction of sp³-hybridized carbons (Fsp3) is 0.867. The standard InChI is InChI=1S/C15H27N3O3/c1-2-15(4-6-16-7-5-15)14(21)18-9-3-8-17(10-11-18)12-13(19)20/h16H,2-12H2,1H3,(H,19,20). The van der Waals surface area contributed by atoms with Crippen molar-refractivity contribution in [2.75, 3.05) is 45.8 Å². The molecule has 0 unspecified atom stereocenters. The fourth-order valence-electron chi connectivity index (χ4n) is 3.48. The molecule has 2 saturated heterocycles. The molecule has 0 saturated carbocycles. The molecule has 2 heterocycles. The topological polar surface area (TPSA) is 72.9 Å². The summed E-state index contributed by atoms with van der Waals surface area (Å²) in [4.78, 5) is 27.7. The van der Waals surface area contributed by atoms with Gasteiger partial charge in [-0.25, -0.2) is 0 Å². The highest BCUT2D eigenvalue weighted by Gasteiger charge is 2.40. The van der Waals surface area contributed by atoms with E-state index in [1.54, 1.807) is 0 Å². The van der Waals surface area contributed by atoms with E-state index in [0.29, 0.717) is 13.1 Å². The Morgan fingerprint density at radius 3 is 2.48 bits per heavy atom. The van der Waals surface area contributed by atoms with Gasteiger partial charge in [0.15, 0.2) is 0 Å². The molecule has 1 amide bonds. The first-order valence-electron chi connectivity index (χ1n) is 8.02. The van der Waals surface area contributed by atoms with Gasteiger partial charge in [-0.05, 0) is 38.8 Å². The van der Waals surface area contributed by atoms with Crippen molar-refractivity contribution in [3.63, 3.8) is 0 Å². The molecule has 0 spiro atoms. The third-order valence-corrected chi connectivity index (χ3v) is 4.93. The quantitative estimate of drug-likeness (QED) is 0.785. The summed E-state index contributed by atoms with van der Waals surface area (Å²) in [5, 5.41) is 12.2. The highest BCUT2D eigenvalue weighted by molar-refractivity contribution is 5.83. The predicted molar refractivity (Wildman–Crippen MR) is 80.1 cm³/mol. The summed E-state index contributed by atoms with van der Waals surface area (Å²) in [7, 11) is 0. The van der Waals surface area contributed by atoms with Crippen LogP contribution in [0.1, 0.15) is 32.6 Å². The molecular weight excluding hydrogens is 270 g/mol. The van der Waals surface area contributed by atoms with E-state index in [0.717, 1.165) is 51.9 Å². The van der Waals surface area contributed by atoms with Crippen molar-refractivity contribution in [1.29, 1.82) is 0 Å². The van der Waals surface area contributed by atoms with Crippen LogP contribution in [-0.2, 0) is 9.59 Å². The number of aliphatic carboxylic acids is 1. The van der Waals surface area contributed by atoms with Crippen LogP contribution in [0.4, 0.5) is 0 Å². The minimum Gasteiger partial charge on any atom is -0.480 e. The zero-order valence-electron chi connectivity index (χ0n) is 12.9. The Hall–Kier alpha value is -1.14. The van der Waals surface area contributed by atoms with Gasteiger partial charge in [0.05, 0.1) is 12.0 Å². The van der Waals surface area contributed by atoms with Crippen molar-refractivity contribution in [2.24, 2.45) is 5.41 Å². The molecular formula is C15H27N3O3. The van der Waals surface area contributed by atoms with E-state index in [2.05, 4.69) is 12.2 Å². The molecule has 0 atom stereocenters. The monoisotopic (exact) mass is 297 g/mol. The van der Waals surface area contributed by atoms with E-state index >= 15 is 0 Å². The lowest BCUT2D eigenvalue weighted by atomic mass is 9.75. The summed E-state index contributed by atoms with van der Waals surface area (Å²) in [6.07, 6.45) is 3.58. The average Bonchev–Trinajstić information content (AvgIpc) is 2.72. The minimum atomic E-state index is -0.793. The van der Waals surface area contributed by atoms with E-state index < -0.39 is 5.97 Å². The third-order valence-electron chi connectivity index (χ3n) is 4.93. The average molecular weight is 297 g/mol. The molecule has 6 heteroatoms. The Bertz CT molecular complexity index is 380. The van der Waals surface area contributed by atoms with Crippen molar-refractivity contribution >= 4 is 11.9 Å². The minimum absolute atomic E-state index is 0.0743. The summed E-state index contributed by atoms with van der Waals surface area (Å²) >= 11 is 0. The number of piperidine rings is 1. The highest BCUT2D eigenvalue weighted by atomic mass is 16.4. The molecule has 2 aliphatic heterocycles. The third kappa shape index (κ3) is 3.95. The molecule has 0 aromatic heterocycles. The fourth-order valence-corrected chi connectivity index (χ4v) is 3.48. The van der Waals surface area contributed by atoms with Crippen molar-refractivity contribution < 1.29 is 14.7 Å². The van der Waals surface area contributed by atoms with Gasteiger partial charge in [-0.15, -0.1) is 0 Å². The summed E-state index contributed by atoms with van der Waals surface area (Å²) in [6.45, 7) is 6.85. The van der Waals surface area contributed by atoms with Crippen LogP contribution < -0.4 is 5.32 Å². The van der Waals surface area contributed by atoms with Gasteiger partial charge in [0.1, 0.15) is 0 Å². The summed E-state index contributed by atoms with van der Waals surface area (Å²) in [5.41, 5.74) is -0.201. The van der Waals surface area contributed by atoms with Crippen molar-refractivity contribution in [3.05, 3.63) is 0 Å². The second-order valence-corrected chi connectivity index (χ2v) is 6.20. The lowest BCUT2D eigenvalue weighted by molar-refractivity contribution is -0.144. The second kappa shape index (κ2) is 7.22. The van der Waals surface area contributed by atoms with Crippen molar-refractivity contribution in [1.82, 2.24) is 15.1 Å². The smallest absolute Gasteiger partial charge is 0.317 e. The first-order valence-corrected chi connectivity index (χ1v) is 8.02. The van der Waals surface area contributed by atoms with Gasteiger partial charge >= 0.3 is 5.97 Å². The number of carbonyl (C=O) groups excluding carboxylic acids is 1. The molecule has 0 aliphatic carbocycles. The zero-order chi connectivity index (χ0) is 15.3. The molecule has 0 aromatic rings. The Morgan fingerprint density at radius 2 is 1.86 bits per heavy atom. The van der Waals surface area contributed by atoms with Gasteiger partial charge in [-0.1, -0.05) is 6.92 Å². The summed E-state index contributed by atoms with van der Waals surface area (Å²) in [6, 6.07) is 0. The van der Waals surface area contributed by atoms with Gasteiger partial charge in [0.25, 0.3) is 0 Å². The maximum absolute atomic E-state index is 13.0. The number of hydrogen-bond acceptors (Lipinski definition) is 4. The Labute approximate surface area is 126 Å². The molecule has 2 fully saturated rings. The maximum Gasteiger partial charge on any atom is 0.317 e. The number of amides is 1. The number of rotatable bonds is 4. The molecule has 0 aromatic carbocycles. The van der Waals surface area contributed by atoms with Crippen LogP contribution in [0.5, 0.6) is 0 Å². The largest absolute Gasteiger partial charge is 0.480 e. The van der Waals surface area contributed by atoms with Gasteiger partial charge in [0.2, 0.25) is 5.91 Å². The van der Waals surface area contributed by atoms with E-state index in [1.165, 1.54) is 0 Å². The lowest BCUT2D eigenvalue weighted by Gasteiger charge is -2.39. The zero-order valence-corrected chi connectivity index (χ0v) is 12.9. The van der Waals surface area contributed by atoms with E-state index in [1.807, 2.05) is 9.80 Å². The van der Waals surface area contributed by atoms with Crippen LogP contribution >= 0.6 is 0 Å². The van der Waals surface area contributed by atoms with E-state index in [4.69, 9.17) is 5.11 Å².